The fourth-order valence-electron chi connectivity index (χ4n) is 1.65. The molecule has 0 unspecified atom stereocenters. The Morgan fingerprint density at radius 1 is 1.42 bits per heavy atom. The van der Waals surface area contributed by atoms with Crippen LogP contribution in [0, 0.1) is 5.82 Å². The summed E-state index contributed by atoms with van der Waals surface area (Å²) in [6.45, 7) is 2.79. The molecule has 1 amide bonds. The number of benzene rings is 1. The number of hydrogen-bond donors (Lipinski definition) is 2. The highest BCUT2D eigenvalue weighted by atomic mass is 19.1. The van der Waals surface area contributed by atoms with Crippen molar-refractivity contribution in [3.8, 4) is 0 Å². The molecular formula is C13H18FN3O2. The topological polar surface area (TPSA) is 78.9 Å². The van der Waals surface area contributed by atoms with E-state index in [1.54, 1.807) is 17.0 Å². The van der Waals surface area contributed by atoms with Crippen molar-refractivity contribution in [1.29, 1.82) is 0 Å². The van der Waals surface area contributed by atoms with E-state index in [1.165, 1.54) is 12.1 Å². The van der Waals surface area contributed by atoms with Gasteiger partial charge in [0.25, 0.3) is 0 Å². The number of carbonyl (C=O) groups is 1. The maximum absolute atomic E-state index is 12.8. The first-order chi connectivity index (χ1) is 9.06. The van der Waals surface area contributed by atoms with E-state index < -0.39 is 0 Å². The van der Waals surface area contributed by atoms with Crippen molar-refractivity contribution >= 4 is 11.7 Å². The van der Waals surface area contributed by atoms with Crippen LogP contribution in [0.1, 0.15) is 18.9 Å². The van der Waals surface area contributed by atoms with Crippen LogP contribution in [0.4, 0.5) is 4.39 Å². The van der Waals surface area contributed by atoms with Crippen molar-refractivity contribution in [3.05, 3.63) is 35.6 Å². The standard InChI is InChI=1S/C13H18FN3O2/c1-2-17(8-7-12(15)16-19)13(18)9-10-3-5-11(14)6-4-10/h3-6,19H,2,7-9H2,1H3,(H2,15,16). The molecule has 0 saturated heterocycles. The lowest BCUT2D eigenvalue weighted by Crippen LogP contribution is -2.35. The average molecular weight is 267 g/mol. The first-order valence-corrected chi connectivity index (χ1v) is 6.05. The van der Waals surface area contributed by atoms with Gasteiger partial charge in [0.15, 0.2) is 0 Å². The van der Waals surface area contributed by atoms with Crippen molar-refractivity contribution in [2.45, 2.75) is 19.8 Å². The van der Waals surface area contributed by atoms with Gasteiger partial charge in [0.1, 0.15) is 11.7 Å². The summed E-state index contributed by atoms with van der Waals surface area (Å²) in [5.41, 5.74) is 6.12. The molecule has 0 fully saturated rings. The average Bonchev–Trinajstić information content (AvgIpc) is 2.41. The molecule has 0 aromatic heterocycles. The van der Waals surface area contributed by atoms with Crippen molar-refractivity contribution < 1.29 is 14.4 Å². The molecule has 0 atom stereocenters. The smallest absolute Gasteiger partial charge is 0.226 e. The van der Waals surface area contributed by atoms with Crippen LogP contribution in [0.25, 0.3) is 0 Å². The van der Waals surface area contributed by atoms with Gasteiger partial charge >= 0.3 is 0 Å². The summed E-state index contributed by atoms with van der Waals surface area (Å²) >= 11 is 0. The molecule has 0 saturated carbocycles. The van der Waals surface area contributed by atoms with Crippen molar-refractivity contribution in [3.63, 3.8) is 0 Å². The van der Waals surface area contributed by atoms with Crippen LogP contribution in [-0.2, 0) is 11.2 Å². The first kappa shape index (κ1) is 14.9. The Labute approximate surface area is 111 Å². The van der Waals surface area contributed by atoms with Gasteiger partial charge in [-0.3, -0.25) is 4.79 Å². The lowest BCUT2D eigenvalue weighted by molar-refractivity contribution is -0.130. The number of oxime groups is 1. The number of hydrogen-bond acceptors (Lipinski definition) is 3. The number of nitrogens with zero attached hydrogens (tertiary/aromatic N) is 2. The number of nitrogens with two attached hydrogens (primary N) is 1. The molecule has 1 aromatic rings. The van der Waals surface area contributed by atoms with E-state index in [9.17, 15) is 9.18 Å². The molecule has 3 N–H and O–H groups in total. The summed E-state index contributed by atoms with van der Waals surface area (Å²) in [6.07, 6.45) is 0.532. The zero-order chi connectivity index (χ0) is 14.3. The predicted octanol–water partition coefficient (Wildman–Crippen LogP) is 1.35. The number of halogens is 1. The van der Waals surface area contributed by atoms with E-state index in [1.807, 2.05) is 6.92 Å². The van der Waals surface area contributed by atoms with Gasteiger partial charge in [0.2, 0.25) is 5.91 Å². The third kappa shape index (κ3) is 4.95. The van der Waals surface area contributed by atoms with Crippen molar-refractivity contribution in [2.24, 2.45) is 10.9 Å². The highest BCUT2D eigenvalue weighted by Gasteiger charge is 2.12. The van der Waals surface area contributed by atoms with Gasteiger partial charge in [-0.05, 0) is 24.6 Å². The van der Waals surface area contributed by atoms with Gasteiger partial charge in [-0.2, -0.15) is 0 Å². The molecule has 0 aliphatic heterocycles. The van der Waals surface area contributed by atoms with Gasteiger partial charge in [-0.1, -0.05) is 17.3 Å². The Kier molecular flexibility index (Phi) is 5.78. The number of amides is 1. The second-order valence-corrected chi connectivity index (χ2v) is 4.12. The maximum Gasteiger partial charge on any atom is 0.226 e. The molecule has 0 bridgehead atoms. The second kappa shape index (κ2) is 7.35. The van der Waals surface area contributed by atoms with Gasteiger partial charge in [0.05, 0.1) is 6.42 Å². The minimum atomic E-state index is -0.324. The van der Waals surface area contributed by atoms with Gasteiger partial charge in [0, 0.05) is 19.5 Å². The Morgan fingerprint density at radius 3 is 2.58 bits per heavy atom. The molecular weight excluding hydrogens is 249 g/mol. The maximum atomic E-state index is 12.8. The molecule has 6 heteroatoms. The molecule has 1 rings (SSSR count). The summed E-state index contributed by atoms with van der Waals surface area (Å²) in [7, 11) is 0. The zero-order valence-corrected chi connectivity index (χ0v) is 10.8. The van der Waals surface area contributed by atoms with Crippen LogP contribution < -0.4 is 5.73 Å². The fourth-order valence-corrected chi connectivity index (χ4v) is 1.65. The van der Waals surface area contributed by atoms with E-state index in [2.05, 4.69) is 5.16 Å². The lowest BCUT2D eigenvalue weighted by Gasteiger charge is -2.20. The Bertz CT molecular complexity index is 446. The third-order valence-electron chi connectivity index (χ3n) is 2.77. The monoisotopic (exact) mass is 267 g/mol. The summed E-state index contributed by atoms with van der Waals surface area (Å²) < 4.78 is 12.8. The van der Waals surface area contributed by atoms with E-state index in [-0.39, 0.29) is 24.0 Å². The SMILES string of the molecule is CCN(CCC(N)=NO)C(=O)Cc1ccc(F)cc1. The molecule has 0 heterocycles. The van der Waals surface area contributed by atoms with Crippen LogP contribution in [0.15, 0.2) is 29.4 Å². The van der Waals surface area contributed by atoms with E-state index in [4.69, 9.17) is 10.9 Å². The van der Waals surface area contributed by atoms with E-state index in [0.717, 1.165) is 5.56 Å². The number of likely N-dealkylation sites (N-methyl/N-ethyl adjacent to an activating group) is 1. The molecule has 5 nitrogen and oxygen atoms in total. The minimum absolute atomic E-state index is 0.0696. The van der Waals surface area contributed by atoms with Gasteiger partial charge in [-0.25, -0.2) is 4.39 Å². The van der Waals surface area contributed by atoms with Crippen molar-refractivity contribution in [2.75, 3.05) is 13.1 Å². The second-order valence-electron chi connectivity index (χ2n) is 4.12. The minimum Gasteiger partial charge on any atom is -0.409 e. The molecule has 0 radical (unpaired) electrons. The number of amidine groups is 1. The summed E-state index contributed by atoms with van der Waals surface area (Å²) in [5, 5.41) is 11.3. The largest absolute Gasteiger partial charge is 0.409 e. The molecule has 1 aromatic carbocycles. The molecule has 104 valence electrons. The third-order valence-corrected chi connectivity index (χ3v) is 2.77. The highest BCUT2D eigenvalue weighted by Crippen LogP contribution is 2.06. The van der Waals surface area contributed by atoms with Crippen LogP contribution in [0.5, 0.6) is 0 Å². The Morgan fingerprint density at radius 2 is 2.05 bits per heavy atom. The predicted molar refractivity (Wildman–Crippen MR) is 70.4 cm³/mol. The molecule has 19 heavy (non-hydrogen) atoms. The number of carbonyl (C=O) groups excluding carboxylic acids is 1. The van der Waals surface area contributed by atoms with E-state index in [0.29, 0.717) is 19.5 Å². The quantitative estimate of drug-likeness (QED) is 0.353. The van der Waals surface area contributed by atoms with Crippen LogP contribution in [0.3, 0.4) is 0 Å². The van der Waals surface area contributed by atoms with Crippen molar-refractivity contribution in [1.82, 2.24) is 4.90 Å². The Balaban J connectivity index is 2.56. The summed E-state index contributed by atoms with van der Waals surface area (Å²) in [4.78, 5) is 13.6. The molecule has 0 aliphatic carbocycles. The van der Waals surface area contributed by atoms with Crippen LogP contribution in [-0.4, -0.2) is 34.9 Å². The molecule has 0 spiro atoms. The number of rotatable bonds is 6. The zero-order valence-electron chi connectivity index (χ0n) is 10.8. The normalized spacial score (nSPS) is 11.4. The van der Waals surface area contributed by atoms with Crippen LogP contribution in [0.2, 0.25) is 0 Å². The van der Waals surface area contributed by atoms with Crippen LogP contribution >= 0.6 is 0 Å². The summed E-state index contributed by atoms with van der Waals surface area (Å²) in [5.74, 6) is -0.302. The van der Waals surface area contributed by atoms with Gasteiger partial charge < -0.3 is 15.8 Å². The Hall–Kier alpha value is -2.11. The lowest BCUT2D eigenvalue weighted by atomic mass is 10.1. The first-order valence-electron chi connectivity index (χ1n) is 6.05. The fraction of sp³-hybridized carbons (Fsp3) is 0.385. The molecule has 0 aliphatic rings. The highest BCUT2D eigenvalue weighted by molar-refractivity contribution is 5.82. The summed E-state index contributed by atoms with van der Waals surface area (Å²) in [6, 6.07) is 5.83. The van der Waals surface area contributed by atoms with E-state index >= 15 is 0 Å². The van der Waals surface area contributed by atoms with Gasteiger partial charge in [-0.15, -0.1) is 0 Å².